The monoisotopic (exact) mass is 269 g/mol. The molecule has 0 aromatic heterocycles. The molecule has 2 fully saturated rings. The van der Waals surface area contributed by atoms with Crippen molar-refractivity contribution in [3.8, 4) is 0 Å². The lowest BCUT2D eigenvalue weighted by Crippen LogP contribution is -2.48. The van der Waals surface area contributed by atoms with Gasteiger partial charge in [-0.15, -0.1) is 0 Å². The molecule has 0 radical (unpaired) electrons. The van der Waals surface area contributed by atoms with E-state index in [-0.39, 0.29) is 6.03 Å². The van der Waals surface area contributed by atoms with Gasteiger partial charge in [-0.05, 0) is 38.8 Å². The zero-order valence-electron chi connectivity index (χ0n) is 11.3. The summed E-state index contributed by atoms with van der Waals surface area (Å²) in [6.07, 6.45) is 3.95. The van der Waals surface area contributed by atoms with E-state index in [1.807, 2.05) is 0 Å². The van der Waals surface area contributed by atoms with Gasteiger partial charge in [0.05, 0.1) is 5.92 Å². The molecular formula is C13H23N3O3. The van der Waals surface area contributed by atoms with Crippen LogP contribution in [0.4, 0.5) is 4.79 Å². The molecule has 2 rings (SSSR count). The van der Waals surface area contributed by atoms with Crippen LogP contribution >= 0.6 is 0 Å². The van der Waals surface area contributed by atoms with Gasteiger partial charge in [-0.3, -0.25) is 4.79 Å². The zero-order chi connectivity index (χ0) is 13.7. The Kier molecular flexibility index (Phi) is 5.01. The van der Waals surface area contributed by atoms with Crippen LogP contribution in [0.2, 0.25) is 0 Å². The molecule has 0 aromatic rings. The zero-order valence-corrected chi connectivity index (χ0v) is 11.3. The van der Waals surface area contributed by atoms with Crippen molar-refractivity contribution in [3.63, 3.8) is 0 Å². The van der Waals surface area contributed by atoms with Crippen LogP contribution in [0, 0.1) is 5.92 Å². The van der Waals surface area contributed by atoms with Gasteiger partial charge >= 0.3 is 12.0 Å². The summed E-state index contributed by atoms with van der Waals surface area (Å²) in [5.41, 5.74) is 0. The van der Waals surface area contributed by atoms with Crippen LogP contribution in [0.15, 0.2) is 0 Å². The lowest BCUT2D eigenvalue weighted by atomic mass is 9.99. The van der Waals surface area contributed by atoms with Crippen LogP contribution in [-0.2, 0) is 4.79 Å². The van der Waals surface area contributed by atoms with Crippen molar-refractivity contribution >= 4 is 12.0 Å². The highest BCUT2D eigenvalue weighted by atomic mass is 16.4. The maximum Gasteiger partial charge on any atom is 0.317 e. The number of hydrogen-bond donors (Lipinski definition) is 2. The fraction of sp³-hybridized carbons (Fsp3) is 0.846. The summed E-state index contributed by atoms with van der Waals surface area (Å²) in [6, 6.07) is -0.120. The van der Waals surface area contributed by atoms with Crippen molar-refractivity contribution in [1.29, 1.82) is 0 Å². The van der Waals surface area contributed by atoms with Gasteiger partial charge in [0.2, 0.25) is 0 Å². The van der Waals surface area contributed by atoms with Crippen molar-refractivity contribution < 1.29 is 14.7 Å². The molecule has 0 unspecified atom stereocenters. The number of nitrogens with zero attached hydrogens (tertiary/aromatic N) is 2. The van der Waals surface area contributed by atoms with Crippen molar-refractivity contribution in [3.05, 3.63) is 0 Å². The summed E-state index contributed by atoms with van der Waals surface area (Å²) in [5.74, 6) is -1.20. The Morgan fingerprint density at radius 3 is 2.58 bits per heavy atom. The summed E-state index contributed by atoms with van der Waals surface area (Å²) in [7, 11) is 0. The lowest BCUT2D eigenvalue weighted by Gasteiger charge is -2.31. The van der Waals surface area contributed by atoms with E-state index < -0.39 is 11.9 Å². The number of rotatable bonds is 4. The van der Waals surface area contributed by atoms with Crippen LogP contribution in [0.5, 0.6) is 0 Å². The quantitative estimate of drug-likeness (QED) is 0.783. The fourth-order valence-electron chi connectivity index (χ4n) is 2.80. The topological polar surface area (TPSA) is 72.9 Å². The molecule has 19 heavy (non-hydrogen) atoms. The van der Waals surface area contributed by atoms with E-state index in [1.54, 1.807) is 4.90 Å². The van der Waals surface area contributed by atoms with Crippen LogP contribution < -0.4 is 5.32 Å². The second kappa shape index (κ2) is 6.75. The largest absolute Gasteiger partial charge is 0.481 e. The molecule has 2 aliphatic rings. The molecule has 0 aliphatic carbocycles. The third kappa shape index (κ3) is 4.09. The summed E-state index contributed by atoms with van der Waals surface area (Å²) in [4.78, 5) is 26.9. The van der Waals surface area contributed by atoms with E-state index in [2.05, 4.69) is 10.2 Å². The minimum Gasteiger partial charge on any atom is -0.481 e. The number of carboxylic acid groups (broad SMARTS) is 1. The number of likely N-dealkylation sites (tertiary alicyclic amines) is 2. The fourth-order valence-corrected chi connectivity index (χ4v) is 2.80. The number of carboxylic acids is 1. The Morgan fingerprint density at radius 1 is 1.16 bits per heavy atom. The number of urea groups is 1. The third-order valence-electron chi connectivity index (χ3n) is 3.96. The predicted octanol–water partition coefficient (Wildman–Crippen LogP) is 0.588. The van der Waals surface area contributed by atoms with Gasteiger partial charge in [0.15, 0.2) is 0 Å². The predicted molar refractivity (Wildman–Crippen MR) is 71.0 cm³/mol. The van der Waals surface area contributed by atoms with E-state index in [1.165, 1.54) is 12.8 Å². The first-order chi connectivity index (χ1) is 9.16. The molecule has 0 saturated carbocycles. The molecule has 0 bridgehead atoms. The normalized spacial score (nSPS) is 24.4. The van der Waals surface area contributed by atoms with Crippen LogP contribution in [0.1, 0.15) is 25.7 Å². The summed E-state index contributed by atoms with van der Waals surface area (Å²) >= 11 is 0. The molecule has 0 spiro atoms. The molecule has 108 valence electrons. The first-order valence-corrected chi connectivity index (χ1v) is 7.15. The maximum atomic E-state index is 11.9. The Labute approximate surface area is 113 Å². The molecule has 1 atom stereocenters. The van der Waals surface area contributed by atoms with E-state index in [9.17, 15) is 9.59 Å². The van der Waals surface area contributed by atoms with Gasteiger partial charge in [-0.25, -0.2) is 4.79 Å². The van der Waals surface area contributed by atoms with Gasteiger partial charge < -0.3 is 20.2 Å². The van der Waals surface area contributed by atoms with Crippen LogP contribution in [0.25, 0.3) is 0 Å². The van der Waals surface area contributed by atoms with Crippen molar-refractivity contribution in [2.75, 3.05) is 39.3 Å². The second-order valence-electron chi connectivity index (χ2n) is 5.40. The molecule has 2 aliphatic heterocycles. The maximum absolute atomic E-state index is 11.9. The standard InChI is InChI=1S/C13H23N3O3/c17-12(18)11-4-3-8-16(10-11)13(19)14-5-9-15-6-1-2-7-15/h11H,1-10H2,(H,14,19)(H,17,18)/t11-/m0/s1. The molecule has 2 saturated heterocycles. The van der Waals surface area contributed by atoms with Gasteiger partial charge in [0.25, 0.3) is 0 Å². The van der Waals surface area contributed by atoms with Gasteiger partial charge in [0.1, 0.15) is 0 Å². The average Bonchev–Trinajstić information content (AvgIpc) is 2.92. The van der Waals surface area contributed by atoms with Crippen LogP contribution in [-0.4, -0.2) is 66.2 Å². The summed E-state index contributed by atoms with van der Waals surface area (Å²) in [5, 5.41) is 11.9. The molecule has 2 N–H and O–H groups in total. The number of hydrogen-bond acceptors (Lipinski definition) is 3. The summed E-state index contributed by atoms with van der Waals surface area (Å²) in [6.45, 7) is 4.79. The van der Waals surface area contributed by atoms with Crippen molar-refractivity contribution in [2.24, 2.45) is 5.92 Å². The number of nitrogens with one attached hydrogen (secondary N) is 1. The molecule has 0 aromatic carbocycles. The Hall–Kier alpha value is -1.30. The van der Waals surface area contributed by atoms with Gasteiger partial charge in [-0.1, -0.05) is 0 Å². The first kappa shape index (κ1) is 14.1. The first-order valence-electron chi connectivity index (χ1n) is 7.15. The number of carbonyl (C=O) groups is 2. The molecular weight excluding hydrogens is 246 g/mol. The SMILES string of the molecule is O=C(O)[C@H]1CCCN(C(=O)NCCN2CCCC2)C1. The number of aliphatic carboxylic acids is 1. The van der Waals surface area contributed by atoms with Gasteiger partial charge in [-0.2, -0.15) is 0 Å². The number of carbonyl (C=O) groups excluding carboxylic acids is 1. The minimum absolute atomic E-state index is 0.120. The Bertz CT molecular complexity index is 329. The second-order valence-corrected chi connectivity index (χ2v) is 5.40. The highest BCUT2D eigenvalue weighted by molar-refractivity contribution is 5.76. The summed E-state index contributed by atoms with van der Waals surface area (Å²) < 4.78 is 0. The highest BCUT2D eigenvalue weighted by Gasteiger charge is 2.27. The number of amides is 2. The van der Waals surface area contributed by atoms with Crippen LogP contribution in [0.3, 0.4) is 0 Å². The highest BCUT2D eigenvalue weighted by Crippen LogP contribution is 2.16. The number of piperidine rings is 1. The smallest absolute Gasteiger partial charge is 0.317 e. The van der Waals surface area contributed by atoms with Crippen molar-refractivity contribution in [2.45, 2.75) is 25.7 Å². The lowest BCUT2D eigenvalue weighted by molar-refractivity contribution is -0.143. The van der Waals surface area contributed by atoms with E-state index in [0.717, 1.165) is 26.1 Å². The molecule has 2 amide bonds. The average molecular weight is 269 g/mol. The minimum atomic E-state index is -0.797. The molecule has 6 heteroatoms. The van der Waals surface area contributed by atoms with E-state index in [4.69, 9.17) is 5.11 Å². The van der Waals surface area contributed by atoms with Crippen molar-refractivity contribution in [1.82, 2.24) is 15.1 Å². The molecule has 2 heterocycles. The third-order valence-corrected chi connectivity index (χ3v) is 3.96. The Balaban J connectivity index is 1.68. The Morgan fingerprint density at radius 2 is 1.89 bits per heavy atom. The molecule has 6 nitrogen and oxygen atoms in total. The van der Waals surface area contributed by atoms with E-state index >= 15 is 0 Å². The van der Waals surface area contributed by atoms with Gasteiger partial charge in [0, 0.05) is 26.2 Å². The van der Waals surface area contributed by atoms with E-state index in [0.29, 0.717) is 26.1 Å².